The Morgan fingerprint density at radius 3 is 2.55 bits per heavy atom. The summed E-state index contributed by atoms with van der Waals surface area (Å²) in [6, 6.07) is 11.1. The van der Waals surface area contributed by atoms with Crippen molar-refractivity contribution in [2.75, 3.05) is 6.61 Å². The van der Waals surface area contributed by atoms with Crippen LogP contribution in [0.4, 0.5) is 4.39 Å². The van der Waals surface area contributed by atoms with Gasteiger partial charge in [-0.2, -0.15) is 0 Å². The van der Waals surface area contributed by atoms with Crippen molar-refractivity contribution in [3.05, 3.63) is 63.4 Å². The van der Waals surface area contributed by atoms with Gasteiger partial charge < -0.3 is 4.74 Å². The Morgan fingerprint density at radius 2 is 1.95 bits per heavy atom. The number of halogens is 3. The molecule has 0 saturated heterocycles. The van der Waals surface area contributed by atoms with E-state index in [1.165, 1.54) is 6.07 Å². The van der Waals surface area contributed by atoms with Crippen LogP contribution in [0.3, 0.4) is 0 Å². The topological polar surface area (TPSA) is 9.23 Å². The van der Waals surface area contributed by atoms with E-state index in [4.69, 9.17) is 4.74 Å². The lowest BCUT2D eigenvalue weighted by Crippen LogP contribution is -1.97. The molecule has 1 unspecified atom stereocenters. The highest BCUT2D eigenvalue weighted by atomic mass is 79.9. The van der Waals surface area contributed by atoms with Crippen molar-refractivity contribution >= 4 is 31.9 Å². The summed E-state index contributed by atoms with van der Waals surface area (Å²) >= 11 is 7.24. The van der Waals surface area contributed by atoms with Crippen LogP contribution in [0.2, 0.25) is 0 Å². The summed E-state index contributed by atoms with van der Waals surface area (Å²) in [6.07, 6.45) is 0. The van der Waals surface area contributed by atoms with Crippen LogP contribution < -0.4 is 4.74 Å². The highest BCUT2D eigenvalue weighted by molar-refractivity contribution is 9.11. The molecule has 0 heterocycles. The molecule has 1 nitrogen and oxygen atoms in total. The maximum Gasteiger partial charge on any atom is 0.126 e. The van der Waals surface area contributed by atoms with Crippen molar-refractivity contribution in [2.24, 2.45) is 0 Å². The largest absolute Gasteiger partial charge is 0.494 e. The van der Waals surface area contributed by atoms with Crippen LogP contribution in [0, 0.1) is 12.7 Å². The van der Waals surface area contributed by atoms with Crippen molar-refractivity contribution in [3.63, 3.8) is 0 Å². The summed E-state index contributed by atoms with van der Waals surface area (Å²) in [5.41, 5.74) is 2.75. The molecule has 0 saturated carbocycles. The maximum atomic E-state index is 13.3. The van der Waals surface area contributed by atoms with Crippen molar-refractivity contribution in [2.45, 2.75) is 18.7 Å². The molecule has 20 heavy (non-hydrogen) atoms. The number of hydrogen-bond donors (Lipinski definition) is 0. The number of aryl methyl sites for hydroxylation is 1. The fourth-order valence-electron chi connectivity index (χ4n) is 1.97. The zero-order chi connectivity index (χ0) is 14.7. The zero-order valence-corrected chi connectivity index (χ0v) is 14.5. The van der Waals surface area contributed by atoms with E-state index in [9.17, 15) is 4.39 Å². The zero-order valence-electron chi connectivity index (χ0n) is 11.3. The molecule has 106 valence electrons. The average Bonchev–Trinajstić information content (AvgIpc) is 2.42. The Bertz CT molecular complexity index is 613. The Balaban J connectivity index is 2.32. The van der Waals surface area contributed by atoms with E-state index in [-0.39, 0.29) is 10.6 Å². The van der Waals surface area contributed by atoms with Crippen molar-refractivity contribution < 1.29 is 9.13 Å². The molecule has 0 aliphatic heterocycles. The van der Waals surface area contributed by atoms with Crippen LogP contribution in [0.15, 0.2) is 40.9 Å². The molecule has 0 aliphatic rings. The number of alkyl halides is 1. The lowest BCUT2D eigenvalue weighted by molar-refractivity contribution is 0.340. The number of benzene rings is 2. The second-order valence-electron chi connectivity index (χ2n) is 4.49. The van der Waals surface area contributed by atoms with Gasteiger partial charge in [0, 0.05) is 4.47 Å². The minimum Gasteiger partial charge on any atom is -0.494 e. The number of hydrogen-bond acceptors (Lipinski definition) is 1. The van der Waals surface area contributed by atoms with E-state index in [0.717, 1.165) is 21.3 Å². The van der Waals surface area contributed by atoms with Gasteiger partial charge in [0.25, 0.3) is 0 Å². The van der Waals surface area contributed by atoms with E-state index < -0.39 is 0 Å². The van der Waals surface area contributed by atoms with Crippen LogP contribution in [0.5, 0.6) is 5.75 Å². The summed E-state index contributed by atoms with van der Waals surface area (Å²) < 4.78 is 19.8. The third kappa shape index (κ3) is 3.41. The van der Waals surface area contributed by atoms with Gasteiger partial charge >= 0.3 is 0 Å². The molecule has 0 fully saturated rings. The van der Waals surface area contributed by atoms with E-state index in [2.05, 4.69) is 31.9 Å². The van der Waals surface area contributed by atoms with Crippen LogP contribution in [0.1, 0.15) is 28.4 Å². The van der Waals surface area contributed by atoms with Gasteiger partial charge in [-0.1, -0.05) is 50.1 Å². The standard InChI is InChI=1S/C16H15Br2FO/c1-3-20-12-5-6-13(14(17)9-12)16(18)11-4-7-15(19)10(2)8-11/h4-9,16H,3H2,1-2H3. The summed E-state index contributed by atoms with van der Waals surface area (Å²) in [6.45, 7) is 4.36. The molecule has 2 aromatic rings. The molecule has 0 aliphatic carbocycles. The average molecular weight is 402 g/mol. The second kappa shape index (κ2) is 6.72. The molecule has 2 rings (SSSR count). The first kappa shape index (κ1) is 15.5. The molecule has 2 aromatic carbocycles. The van der Waals surface area contributed by atoms with Gasteiger partial charge in [0.2, 0.25) is 0 Å². The highest BCUT2D eigenvalue weighted by Gasteiger charge is 2.15. The predicted octanol–water partition coefficient (Wildman–Crippen LogP) is 5.78. The minimum atomic E-state index is -0.181. The third-order valence-corrected chi connectivity index (χ3v) is 4.74. The third-order valence-electron chi connectivity index (χ3n) is 3.03. The smallest absolute Gasteiger partial charge is 0.126 e. The van der Waals surface area contributed by atoms with Crippen LogP contribution in [-0.4, -0.2) is 6.61 Å². The summed E-state index contributed by atoms with van der Waals surface area (Å²) in [4.78, 5) is 0.00634. The van der Waals surface area contributed by atoms with Gasteiger partial charge in [0.1, 0.15) is 11.6 Å². The Labute approximate surface area is 135 Å². The van der Waals surface area contributed by atoms with E-state index >= 15 is 0 Å². The van der Waals surface area contributed by atoms with Crippen molar-refractivity contribution in [1.29, 1.82) is 0 Å². The predicted molar refractivity (Wildman–Crippen MR) is 87.2 cm³/mol. The van der Waals surface area contributed by atoms with Gasteiger partial charge in [0.15, 0.2) is 0 Å². The Morgan fingerprint density at radius 1 is 1.20 bits per heavy atom. The molecule has 0 aromatic heterocycles. The lowest BCUT2D eigenvalue weighted by Gasteiger charge is -2.15. The highest BCUT2D eigenvalue weighted by Crippen LogP contribution is 2.37. The van der Waals surface area contributed by atoms with Crippen LogP contribution in [-0.2, 0) is 0 Å². The second-order valence-corrected chi connectivity index (χ2v) is 6.26. The monoisotopic (exact) mass is 400 g/mol. The van der Waals surface area contributed by atoms with Crippen LogP contribution >= 0.6 is 31.9 Å². The molecule has 0 N–H and O–H groups in total. The SMILES string of the molecule is CCOc1ccc(C(Br)c2ccc(F)c(C)c2)c(Br)c1. The first-order valence-corrected chi connectivity index (χ1v) is 8.06. The molecular weight excluding hydrogens is 387 g/mol. The maximum absolute atomic E-state index is 13.3. The van der Waals surface area contributed by atoms with E-state index in [1.54, 1.807) is 13.0 Å². The van der Waals surface area contributed by atoms with Crippen LogP contribution in [0.25, 0.3) is 0 Å². The normalized spacial score (nSPS) is 12.2. The lowest BCUT2D eigenvalue weighted by atomic mass is 10.0. The number of rotatable bonds is 4. The van der Waals surface area contributed by atoms with Crippen molar-refractivity contribution in [1.82, 2.24) is 0 Å². The first-order chi connectivity index (χ1) is 9.52. The molecule has 0 amide bonds. The Kier molecular flexibility index (Phi) is 5.22. The van der Waals surface area contributed by atoms with Gasteiger partial charge in [-0.05, 0) is 48.7 Å². The summed E-state index contributed by atoms with van der Waals surface area (Å²) in [5, 5.41) is 0. The fourth-order valence-corrected chi connectivity index (χ4v) is 3.55. The molecule has 0 radical (unpaired) electrons. The summed E-state index contributed by atoms with van der Waals surface area (Å²) in [5.74, 6) is 0.650. The fraction of sp³-hybridized carbons (Fsp3) is 0.250. The van der Waals surface area contributed by atoms with Gasteiger partial charge in [-0.25, -0.2) is 4.39 Å². The Hall–Kier alpha value is -0.870. The van der Waals surface area contributed by atoms with Crippen molar-refractivity contribution in [3.8, 4) is 5.75 Å². The van der Waals surface area contributed by atoms with Gasteiger partial charge in [-0.3, -0.25) is 0 Å². The summed E-state index contributed by atoms with van der Waals surface area (Å²) in [7, 11) is 0. The van der Waals surface area contributed by atoms with E-state index in [0.29, 0.717) is 12.2 Å². The first-order valence-electron chi connectivity index (χ1n) is 6.35. The van der Waals surface area contributed by atoms with Gasteiger partial charge in [0.05, 0.1) is 11.4 Å². The quantitative estimate of drug-likeness (QED) is 0.590. The molecule has 0 spiro atoms. The number of ether oxygens (including phenoxy) is 1. The molecule has 4 heteroatoms. The molecular formula is C16H15Br2FO. The van der Waals surface area contributed by atoms with Gasteiger partial charge in [-0.15, -0.1) is 0 Å². The minimum absolute atomic E-state index is 0.00634. The van der Waals surface area contributed by atoms with E-state index in [1.807, 2.05) is 31.2 Å². The molecule has 0 bridgehead atoms. The molecule has 1 atom stereocenters.